The summed E-state index contributed by atoms with van der Waals surface area (Å²) in [6, 6.07) is 13.2. The van der Waals surface area contributed by atoms with Gasteiger partial charge in [-0.2, -0.15) is 4.31 Å². The Kier molecular flexibility index (Phi) is 6.70. The van der Waals surface area contributed by atoms with E-state index in [0.717, 1.165) is 5.69 Å². The quantitative estimate of drug-likeness (QED) is 0.516. The summed E-state index contributed by atoms with van der Waals surface area (Å²) in [5, 5.41) is 13.8. The zero-order valence-corrected chi connectivity index (χ0v) is 19.6. The first-order chi connectivity index (χ1) is 16.3. The van der Waals surface area contributed by atoms with Crippen molar-refractivity contribution in [1.29, 1.82) is 0 Å². The maximum absolute atomic E-state index is 12.8. The monoisotopic (exact) mass is 483 g/mol. The largest absolute Gasteiger partial charge is 0.326 e. The third kappa shape index (κ3) is 4.68. The lowest BCUT2D eigenvalue weighted by molar-refractivity contribution is -0.122. The van der Waals surface area contributed by atoms with Crippen LogP contribution in [0.4, 0.5) is 11.4 Å². The predicted molar refractivity (Wildman–Crippen MR) is 125 cm³/mol. The zero-order chi connectivity index (χ0) is 24.3. The molecule has 178 valence electrons. The van der Waals surface area contributed by atoms with Gasteiger partial charge in [0.1, 0.15) is 6.33 Å². The molecule has 2 aromatic carbocycles. The fourth-order valence-electron chi connectivity index (χ4n) is 3.86. The predicted octanol–water partition coefficient (Wildman–Crippen LogP) is 1.68. The first-order valence-electron chi connectivity index (χ1n) is 10.9. The summed E-state index contributed by atoms with van der Waals surface area (Å²) in [6.07, 6.45) is 1.55. The number of sulfonamides is 1. The van der Waals surface area contributed by atoms with Crippen molar-refractivity contribution in [3.05, 3.63) is 54.9 Å². The van der Waals surface area contributed by atoms with E-state index in [1.165, 1.54) is 32.3 Å². The van der Waals surface area contributed by atoms with E-state index in [-0.39, 0.29) is 29.7 Å². The first kappa shape index (κ1) is 23.5. The zero-order valence-electron chi connectivity index (χ0n) is 18.8. The van der Waals surface area contributed by atoms with E-state index in [0.29, 0.717) is 24.5 Å². The second-order valence-corrected chi connectivity index (χ2v) is 9.72. The Balaban J connectivity index is 1.41. The van der Waals surface area contributed by atoms with Crippen molar-refractivity contribution in [2.45, 2.75) is 25.2 Å². The molecule has 1 aliphatic heterocycles. The number of nitrogens with zero attached hydrogens (tertiary/aromatic N) is 6. The highest BCUT2D eigenvalue weighted by atomic mass is 32.2. The van der Waals surface area contributed by atoms with Gasteiger partial charge in [-0.15, -0.1) is 5.10 Å². The number of hydrogen-bond acceptors (Lipinski definition) is 7. The summed E-state index contributed by atoms with van der Waals surface area (Å²) in [5.41, 5.74) is 1.90. The molecule has 11 nitrogen and oxygen atoms in total. The molecule has 0 spiro atoms. The Morgan fingerprint density at radius 2 is 1.71 bits per heavy atom. The van der Waals surface area contributed by atoms with Crippen LogP contribution in [-0.4, -0.2) is 64.4 Å². The molecule has 0 bridgehead atoms. The SMILES string of the molecule is CCN(CC)S(=O)(=O)c1ccc(N2C[C@H](C(=O)Nc3ccc(-n4cnnn4)cc3)CC2=O)cc1. The molecular formula is C22H25N7O4S. The highest BCUT2D eigenvalue weighted by Crippen LogP contribution is 2.28. The highest BCUT2D eigenvalue weighted by Gasteiger charge is 2.35. The fraction of sp³-hybridized carbons (Fsp3) is 0.318. The molecule has 1 N–H and O–H groups in total. The van der Waals surface area contributed by atoms with Crippen molar-refractivity contribution in [1.82, 2.24) is 24.5 Å². The Hall–Kier alpha value is -3.64. The topological polar surface area (TPSA) is 130 Å². The number of amides is 2. The molecule has 2 heterocycles. The third-order valence-electron chi connectivity index (χ3n) is 5.74. The van der Waals surface area contributed by atoms with Crippen LogP contribution < -0.4 is 10.2 Å². The molecule has 1 saturated heterocycles. The van der Waals surface area contributed by atoms with Crippen molar-refractivity contribution in [3.63, 3.8) is 0 Å². The average molecular weight is 484 g/mol. The number of nitrogens with one attached hydrogen (secondary N) is 1. The van der Waals surface area contributed by atoms with Crippen LogP contribution in [0.25, 0.3) is 5.69 Å². The number of tetrazole rings is 1. The molecule has 0 aliphatic carbocycles. The van der Waals surface area contributed by atoms with Crippen molar-refractivity contribution >= 4 is 33.2 Å². The van der Waals surface area contributed by atoms with Crippen molar-refractivity contribution in [2.24, 2.45) is 5.92 Å². The van der Waals surface area contributed by atoms with E-state index in [2.05, 4.69) is 20.8 Å². The van der Waals surface area contributed by atoms with Crippen LogP contribution >= 0.6 is 0 Å². The van der Waals surface area contributed by atoms with Crippen molar-refractivity contribution < 1.29 is 18.0 Å². The molecule has 1 aromatic heterocycles. The molecule has 0 radical (unpaired) electrons. The number of hydrogen-bond donors (Lipinski definition) is 1. The number of carbonyl (C=O) groups is 2. The van der Waals surface area contributed by atoms with Gasteiger partial charge in [0.2, 0.25) is 21.8 Å². The summed E-state index contributed by atoms with van der Waals surface area (Å²) < 4.78 is 28.2. The number of benzene rings is 2. The van der Waals surface area contributed by atoms with Crippen molar-refractivity contribution in [2.75, 3.05) is 29.9 Å². The lowest BCUT2D eigenvalue weighted by atomic mass is 10.1. The molecule has 12 heteroatoms. The minimum absolute atomic E-state index is 0.0774. The van der Waals surface area contributed by atoms with Crippen LogP contribution in [0.1, 0.15) is 20.3 Å². The number of rotatable bonds is 8. The molecule has 4 rings (SSSR count). The van der Waals surface area contributed by atoms with E-state index < -0.39 is 15.9 Å². The van der Waals surface area contributed by atoms with Gasteiger partial charge in [0.25, 0.3) is 0 Å². The van der Waals surface area contributed by atoms with Gasteiger partial charge in [0.05, 0.1) is 16.5 Å². The number of aromatic nitrogens is 4. The average Bonchev–Trinajstić information content (AvgIpc) is 3.50. The molecule has 1 fully saturated rings. The normalized spacial score (nSPS) is 16.3. The molecule has 0 saturated carbocycles. The Labute approximate surface area is 197 Å². The second-order valence-electron chi connectivity index (χ2n) is 7.78. The van der Waals surface area contributed by atoms with Crippen molar-refractivity contribution in [3.8, 4) is 5.69 Å². The Morgan fingerprint density at radius 3 is 2.29 bits per heavy atom. The molecule has 34 heavy (non-hydrogen) atoms. The van der Waals surface area contributed by atoms with Gasteiger partial charge in [0.15, 0.2) is 0 Å². The van der Waals surface area contributed by atoms with E-state index in [1.54, 1.807) is 50.2 Å². The fourth-order valence-corrected chi connectivity index (χ4v) is 5.32. The second kappa shape index (κ2) is 9.69. The van der Waals surface area contributed by atoms with Gasteiger partial charge in [-0.1, -0.05) is 13.8 Å². The van der Waals surface area contributed by atoms with Crippen LogP contribution in [0, 0.1) is 5.92 Å². The van der Waals surface area contributed by atoms with Crippen LogP contribution in [-0.2, 0) is 19.6 Å². The molecule has 1 aliphatic rings. The maximum Gasteiger partial charge on any atom is 0.243 e. The molecule has 2 amide bonds. The molecule has 3 aromatic rings. The summed E-state index contributed by atoms with van der Waals surface area (Å²) in [6.45, 7) is 4.54. The standard InChI is InChI=1S/C22H25N7O4S/c1-3-27(4-2)34(32,33)20-11-9-18(10-12-20)28-14-16(13-21(28)30)22(31)24-17-5-7-19(8-6-17)29-15-23-25-26-29/h5-12,15-16H,3-4,13-14H2,1-2H3,(H,24,31)/t16-/m1/s1. The molecule has 0 unspecified atom stereocenters. The molecule has 1 atom stereocenters. The molecular weight excluding hydrogens is 458 g/mol. The van der Waals surface area contributed by atoms with Gasteiger partial charge in [-0.05, 0) is 59.0 Å². The van der Waals surface area contributed by atoms with E-state index >= 15 is 0 Å². The van der Waals surface area contributed by atoms with E-state index in [4.69, 9.17) is 0 Å². The van der Waals surface area contributed by atoms with Crippen LogP contribution in [0.2, 0.25) is 0 Å². The van der Waals surface area contributed by atoms with Gasteiger partial charge >= 0.3 is 0 Å². The number of carbonyl (C=O) groups excluding carboxylic acids is 2. The van der Waals surface area contributed by atoms with E-state index in [9.17, 15) is 18.0 Å². The first-order valence-corrected chi connectivity index (χ1v) is 12.3. The van der Waals surface area contributed by atoms with E-state index in [1.807, 2.05) is 0 Å². The summed E-state index contributed by atoms with van der Waals surface area (Å²) in [7, 11) is -3.58. The lowest BCUT2D eigenvalue weighted by Gasteiger charge is -2.20. The lowest BCUT2D eigenvalue weighted by Crippen LogP contribution is -2.31. The third-order valence-corrected chi connectivity index (χ3v) is 7.80. The maximum atomic E-state index is 12.8. The van der Waals surface area contributed by atoms with Gasteiger partial charge in [-0.25, -0.2) is 13.1 Å². The van der Waals surface area contributed by atoms with Gasteiger partial charge in [0, 0.05) is 37.4 Å². The van der Waals surface area contributed by atoms with Crippen LogP contribution in [0.5, 0.6) is 0 Å². The Bertz CT molecular complexity index is 1260. The Morgan fingerprint density at radius 1 is 1.06 bits per heavy atom. The summed E-state index contributed by atoms with van der Waals surface area (Å²) in [5.74, 6) is -0.967. The van der Waals surface area contributed by atoms with Gasteiger partial charge < -0.3 is 10.2 Å². The number of anilines is 2. The highest BCUT2D eigenvalue weighted by molar-refractivity contribution is 7.89. The van der Waals surface area contributed by atoms with Crippen LogP contribution in [0.15, 0.2) is 59.8 Å². The minimum Gasteiger partial charge on any atom is -0.326 e. The summed E-state index contributed by atoms with van der Waals surface area (Å²) in [4.78, 5) is 27.0. The van der Waals surface area contributed by atoms with Crippen LogP contribution in [0.3, 0.4) is 0 Å². The summed E-state index contributed by atoms with van der Waals surface area (Å²) >= 11 is 0. The minimum atomic E-state index is -3.58. The van der Waals surface area contributed by atoms with Gasteiger partial charge in [-0.3, -0.25) is 9.59 Å². The smallest absolute Gasteiger partial charge is 0.243 e.